The maximum atomic E-state index is 11.9. The molecule has 2 saturated heterocycles. The summed E-state index contributed by atoms with van der Waals surface area (Å²) in [5.41, 5.74) is -1.17. The van der Waals surface area contributed by atoms with E-state index in [0.717, 1.165) is 0 Å². The van der Waals surface area contributed by atoms with Gasteiger partial charge in [-0.1, -0.05) is 0 Å². The molecule has 1 aromatic rings. The number of nitrogens with one attached hydrogen (secondary N) is 1. The lowest BCUT2D eigenvalue weighted by atomic mass is 10.1. The smallest absolute Gasteiger partial charge is 0.330 e. The summed E-state index contributed by atoms with van der Waals surface area (Å²) in [4.78, 5) is 34.9. The van der Waals surface area contributed by atoms with E-state index in [1.807, 2.05) is 0 Å². The highest BCUT2D eigenvalue weighted by molar-refractivity contribution is 8.07. The number of rotatable bonds is 3. The van der Waals surface area contributed by atoms with Gasteiger partial charge in [-0.25, -0.2) is 4.79 Å². The predicted octanol–water partition coefficient (Wildman–Crippen LogP) is -0.919. The molecule has 0 saturated carbocycles. The van der Waals surface area contributed by atoms with E-state index >= 15 is 0 Å². The Bertz CT molecular complexity index is 703. The molecule has 0 aliphatic carbocycles. The number of nitrogens with zero attached hydrogens (tertiary/aromatic N) is 1. The second kappa shape index (κ2) is 5.40. The van der Waals surface area contributed by atoms with Gasteiger partial charge in [0.15, 0.2) is 6.23 Å². The van der Waals surface area contributed by atoms with Crippen LogP contribution in [0.3, 0.4) is 0 Å². The van der Waals surface area contributed by atoms with E-state index in [-0.39, 0.29) is 6.61 Å². The van der Waals surface area contributed by atoms with Gasteiger partial charge in [0.25, 0.3) is 5.56 Å². The molecule has 5 atom stereocenters. The molecule has 3 heterocycles. The molecule has 3 rings (SSSR count). The van der Waals surface area contributed by atoms with Crippen molar-refractivity contribution in [2.75, 3.05) is 13.7 Å². The average Bonchev–Trinajstić information content (AvgIpc) is 2.85. The fourth-order valence-corrected chi connectivity index (χ4v) is 4.17. The second-order valence-electron chi connectivity index (χ2n) is 4.65. The molecule has 0 bridgehead atoms. The van der Waals surface area contributed by atoms with Gasteiger partial charge in [-0.2, -0.15) is 0 Å². The molecule has 0 amide bonds. The van der Waals surface area contributed by atoms with Gasteiger partial charge < -0.3 is 14.4 Å². The molecule has 2 aliphatic rings. The van der Waals surface area contributed by atoms with Crippen molar-refractivity contribution < 1.29 is 23.4 Å². The van der Waals surface area contributed by atoms with Crippen LogP contribution in [-0.4, -0.2) is 46.5 Å². The summed E-state index contributed by atoms with van der Waals surface area (Å²) in [6, 6.07) is 1.19. The molecule has 9 nitrogen and oxygen atoms in total. The van der Waals surface area contributed by atoms with E-state index in [1.54, 1.807) is 0 Å². The average molecular weight is 336 g/mol. The second-order valence-corrected chi connectivity index (χ2v) is 7.39. The third-order valence-electron chi connectivity index (χ3n) is 3.25. The Balaban J connectivity index is 1.97. The topological polar surface area (TPSA) is 112 Å². The summed E-state index contributed by atoms with van der Waals surface area (Å²) >= 11 is 4.84. The quantitative estimate of drug-likeness (QED) is 0.682. The lowest BCUT2D eigenvalue weighted by molar-refractivity contribution is -0.0660. The third kappa shape index (κ3) is 2.76. The Morgan fingerprint density at radius 2 is 2.19 bits per heavy atom. The maximum Gasteiger partial charge on any atom is 0.330 e. The minimum atomic E-state index is -3.35. The molecule has 21 heavy (non-hydrogen) atoms. The fraction of sp³-hybridized carbons (Fsp3) is 0.600. The van der Waals surface area contributed by atoms with Crippen LogP contribution in [0.15, 0.2) is 21.9 Å². The van der Waals surface area contributed by atoms with Crippen molar-refractivity contribution in [3.05, 3.63) is 33.1 Å². The van der Waals surface area contributed by atoms with Crippen LogP contribution in [0, 0.1) is 0 Å². The number of ether oxygens (including phenoxy) is 2. The van der Waals surface area contributed by atoms with E-state index in [0.29, 0.717) is 0 Å². The Labute approximate surface area is 123 Å². The lowest BCUT2D eigenvalue weighted by Gasteiger charge is -2.20. The van der Waals surface area contributed by atoms with Gasteiger partial charge in [0.05, 0.1) is 6.61 Å². The molecule has 116 valence electrons. The first kappa shape index (κ1) is 15.0. The van der Waals surface area contributed by atoms with Crippen LogP contribution in [0.25, 0.3) is 0 Å². The monoisotopic (exact) mass is 336 g/mol. The number of H-pyrrole nitrogens is 1. The van der Waals surface area contributed by atoms with Crippen LogP contribution in [-0.2, 0) is 30.3 Å². The van der Waals surface area contributed by atoms with E-state index in [2.05, 4.69) is 4.98 Å². The first-order valence-corrected chi connectivity index (χ1v) is 8.66. The van der Waals surface area contributed by atoms with Crippen LogP contribution in [0.1, 0.15) is 6.23 Å². The van der Waals surface area contributed by atoms with Crippen LogP contribution in [0.2, 0.25) is 0 Å². The SMILES string of the molecule is COC[C@H]1O[C@@H](n2ccc(=O)[nH]c2=O)[C@@H]2OP(O)(=S)O[C@@H]21. The number of hydrogen-bond donors (Lipinski definition) is 2. The van der Waals surface area contributed by atoms with E-state index in [1.165, 1.54) is 23.9 Å². The summed E-state index contributed by atoms with van der Waals surface area (Å²) in [5.74, 6) is 0. The molecule has 1 aromatic heterocycles. The Morgan fingerprint density at radius 1 is 1.48 bits per heavy atom. The summed E-state index contributed by atoms with van der Waals surface area (Å²) < 4.78 is 22.5. The zero-order valence-electron chi connectivity index (χ0n) is 10.9. The molecule has 0 radical (unpaired) electrons. The van der Waals surface area contributed by atoms with E-state index < -0.39 is 42.5 Å². The van der Waals surface area contributed by atoms with Crippen molar-refractivity contribution in [3.8, 4) is 0 Å². The van der Waals surface area contributed by atoms with Crippen molar-refractivity contribution in [3.63, 3.8) is 0 Å². The molecular formula is C10H13N2O7PS. The van der Waals surface area contributed by atoms with Gasteiger partial charge in [0.2, 0.25) is 0 Å². The van der Waals surface area contributed by atoms with E-state index in [9.17, 15) is 14.5 Å². The fourth-order valence-electron chi connectivity index (χ4n) is 2.43. The minimum Gasteiger partial charge on any atom is -0.382 e. The molecule has 2 fully saturated rings. The van der Waals surface area contributed by atoms with Crippen LogP contribution in [0.4, 0.5) is 0 Å². The van der Waals surface area contributed by atoms with Gasteiger partial charge in [-0.15, -0.1) is 0 Å². The molecule has 2 aliphatic heterocycles. The highest BCUT2D eigenvalue weighted by Crippen LogP contribution is 2.58. The standard InChI is InChI=1S/C10H13N2O7PS/c1-16-4-5-7-8(19-20(15,21)18-7)9(17-5)12-3-2-6(13)11-10(12)14/h2-3,5,7-9H,4H2,1H3,(H,15,21)(H,11,13,14)/t5-,7-,8-,9-,20?/m1/s1. The van der Waals surface area contributed by atoms with Gasteiger partial charge in [-0.3, -0.25) is 23.4 Å². The Morgan fingerprint density at radius 3 is 2.86 bits per heavy atom. The number of aromatic nitrogens is 2. The van der Waals surface area contributed by atoms with Crippen LogP contribution < -0.4 is 11.2 Å². The summed E-state index contributed by atoms with van der Waals surface area (Å²) in [6.45, 7) is -3.16. The van der Waals surface area contributed by atoms with E-state index in [4.69, 9.17) is 30.3 Å². The molecule has 0 aromatic carbocycles. The maximum absolute atomic E-state index is 11.9. The predicted molar refractivity (Wildman–Crippen MR) is 73.4 cm³/mol. The Hall–Kier alpha value is -0.870. The molecule has 0 spiro atoms. The number of fused-ring (bicyclic) bond motifs is 1. The van der Waals surface area contributed by atoms with Gasteiger partial charge >= 0.3 is 12.4 Å². The van der Waals surface area contributed by atoms with Crippen molar-refractivity contribution in [2.24, 2.45) is 0 Å². The van der Waals surface area contributed by atoms with Gasteiger partial charge in [0.1, 0.15) is 18.3 Å². The first-order chi connectivity index (χ1) is 9.91. The summed E-state index contributed by atoms with van der Waals surface area (Å²) in [5, 5.41) is 0. The van der Waals surface area contributed by atoms with Crippen molar-refractivity contribution >= 4 is 18.5 Å². The minimum absolute atomic E-state index is 0.189. The van der Waals surface area contributed by atoms with Crippen LogP contribution >= 0.6 is 6.72 Å². The molecule has 2 N–H and O–H groups in total. The van der Waals surface area contributed by atoms with Crippen molar-refractivity contribution in [1.82, 2.24) is 9.55 Å². The molecule has 11 heteroatoms. The van der Waals surface area contributed by atoms with Crippen molar-refractivity contribution in [1.29, 1.82) is 0 Å². The zero-order chi connectivity index (χ0) is 15.2. The largest absolute Gasteiger partial charge is 0.382 e. The summed E-state index contributed by atoms with van der Waals surface area (Å²) in [7, 11) is 1.49. The molecule has 1 unspecified atom stereocenters. The van der Waals surface area contributed by atoms with Crippen LogP contribution in [0.5, 0.6) is 0 Å². The first-order valence-electron chi connectivity index (χ1n) is 6.07. The number of hydrogen-bond acceptors (Lipinski definition) is 7. The highest BCUT2D eigenvalue weighted by Gasteiger charge is 2.56. The van der Waals surface area contributed by atoms with Gasteiger partial charge in [0, 0.05) is 19.4 Å². The normalized spacial score (nSPS) is 38.6. The number of aromatic amines is 1. The lowest BCUT2D eigenvalue weighted by Crippen LogP contribution is -2.36. The number of methoxy groups -OCH3 is 1. The summed E-state index contributed by atoms with van der Waals surface area (Å²) in [6.07, 6.45) is -1.49. The highest BCUT2D eigenvalue weighted by atomic mass is 32.5. The third-order valence-corrected chi connectivity index (χ3v) is 4.79. The Kier molecular flexibility index (Phi) is 3.87. The van der Waals surface area contributed by atoms with Gasteiger partial charge in [-0.05, 0) is 11.8 Å². The zero-order valence-corrected chi connectivity index (χ0v) is 12.6. The molecular weight excluding hydrogens is 323 g/mol. The van der Waals surface area contributed by atoms with Crippen molar-refractivity contribution in [2.45, 2.75) is 24.5 Å².